The van der Waals surface area contributed by atoms with Crippen LogP contribution < -0.4 is 39.6 Å². The van der Waals surface area contributed by atoms with Gasteiger partial charge in [-0.25, -0.2) is 0 Å². The van der Waals surface area contributed by atoms with E-state index in [0.29, 0.717) is 84.9 Å². The lowest BCUT2D eigenvalue weighted by molar-refractivity contribution is -0.738. The van der Waals surface area contributed by atoms with Gasteiger partial charge in [0, 0.05) is 86.4 Å². The number of anilines is 2. The molecule has 456 valence electrons. The van der Waals surface area contributed by atoms with Crippen LogP contribution in [0.4, 0.5) is 16.2 Å². The Labute approximate surface area is 512 Å². The highest BCUT2D eigenvalue weighted by molar-refractivity contribution is 5.98. The third kappa shape index (κ3) is 11.8. The molecule has 4 atom stereocenters. The van der Waals surface area contributed by atoms with Crippen LogP contribution in [0.1, 0.15) is 79.6 Å². The second-order valence-electron chi connectivity index (χ2n) is 23.9. The van der Waals surface area contributed by atoms with E-state index in [1.807, 2.05) is 95.9 Å². The van der Waals surface area contributed by atoms with E-state index in [2.05, 4.69) is 62.4 Å². The average molecular weight is 1190 g/mol. The van der Waals surface area contributed by atoms with E-state index in [-0.39, 0.29) is 24.3 Å². The number of likely N-dealkylation sites (N-methyl/N-ethyl adjacent to an activating group) is 1. The zero-order valence-electron chi connectivity index (χ0n) is 50.6. The molecule has 0 saturated carbocycles. The number of fused-ring (bicyclic) bond motifs is 7. The van der Waals surface area contributed by atoms with Crippen LogP contribution in [0.2, 0.25) is 0 Å². The van der Waals surface area contributed by atoms with Gasteiger partial charge < -0.3 is 68.5 Å². The maximum absolute atomic E-state index is 14.0. The van der Waals surface area contributed by atoms with Gasteiger partial charge in [-0.2, -0.15) is 4.74 Å². The molecule has 19 heteroatoms. The number of piperazine rings is 1. The first-order chi connectivity index (χ1) is 42.6. The zero-order chi connectivity index (χ0) is 61.3. The smallest absolute Gasteiger partial charge is 0.250 e. The van der Waals surface area contributed by atoms with Crippen LogP contribution in [0.5, 0.6) is 23.0 Å². The van der Waals surface area contributed by atoms with Gasteiger partial charge >= 0.3 is 0 Å². The molecular formula is C69H75N9O10. The Morgan fingerprint density at radius 3 is 1.78 bits per heavy atom. The molecule has 3 aliphatic heterocycles. The lowest BCUT2D eigenvalue weighted by atomic mass is 9.87. The minimum Gasteiger partial charge on any atom is -0.618 e. The Morgan fingerprint density at radius 2 is 1.23 bits per heavy atom. The normalized spacial score (nSPS) is 18.5. The van der Waals surface area contributed by atoms with Crippen molar-refractivity contribution >= 4 is 52.9 Å². The molecule has 0 bridgehead atoms. The summed E-state index contributed by atoms with van der Waals surface area (Å²) in [6.07, 6.45) is 15.3. The number of amides is 3. The fourth-order valence-electron chi connectivity index (χ4n) is 13.4. The van der Waals surface area contributed by atoms with E-state index in [1.165, 1.54) is 27.8 Å². The van der Waals surface area contributed by atoms with Gasteiger partial charge in [0.25, 0.3) is 0 Å². The number of rotatable bonds is 19. The molecule has 0 spiro atoms. The number of benzene rings is 4. The average Bonchev–Trinajstić information content (AvgIpc) is 3.79. The quantitative estimate of drug-likeness (QED) is 0.0302. The Kier molecular flexibility index (Phi) is 16.8. The number of ether oxygens (including phenoxy) is 4. The van der Waals surface area contributed by atoms with E-state index in [4.69, 9.17) is 18.9 Å². The summed E-state index contributed by atoms with van der Waals surface area (Å²) in [5.74, 6) is 0.0809. The molecule has 19 nitrogen and oxygen atoms in total. The number of aromatic nitrogens is 2. The number of nitrogens with zero attached hydrogens (tertiary/aromatic N) is 7. The van der Waals surface area contributed by atoms with Crippen molar-refractivity contribution in [2.45, 2.75) is 71.1 Å². The molecule has 4 aromatic carbocycles. The van der Waals surface area contributed by atoms with Gasteiger partial charge in [-0.05, 0) is 102 Å². The third-order valence-electron chi connectivity index (χ3n) is 18.0. The van der Waals surface area contributed by atoms with Crippen LogP contribution in [0, 0.1) is 23.0 Å². The molecular weight excluding hydrogens is 1110 g/mol. The number of carboxylic acid groups (broad SMARTS) is 1. The van der Waals surface area contributed by atoms with Gasteiger partial charge in [0.1, 0.15) is 18.2 Å². The number of carbonyl (C=O) groups is 3. The number of hydrogen-bond acceptors (Lipinski definition) is 12. The summed E-state index contributed by atoms with van der Waals surface area (Å²) in [4.78, 5) is 46.3. The lowest BCUT2D eigenvalue weighted by Gasteiger charge is -2.37. The molecule has 4 unspecified atom stereocenters. The number of carbonyl (C=O) groups excluding carboxylic acids is 3. The molecule has 3 N–H and O–H groups in total. The first-order valence-electron chi connectivity index (χ1n) is 30.3. The molecule has 3 aliphatic carbocycles. The van der Waals surface area contributed by atoms with Crippen molar-refractivity contribution in [1.82, 2.24) is 24.3 Å². The monoisotopic (exact) mass is 1190 g/mol. The maximum Gasteiger partial charge on any atom is 0.250 e. The molecule has 1 fully saturated rings. The first-order valence-corrected chi connectivity index (χ1v) is 30.3. The molecule has 6 aromatic rings. The van der Waals surface area contributed by atoms with Crippen molar-refractivity contribution in [2.24, 2.45) is 17.8 Å². The molecule has 6 aliphatic rings. The van der Waals surface area contributed by atoms with E-state index < -0.39 is 35.9 Å². The number of hydroxylamine groups is 2. The van der Waals surface area contributed by atoms with Crippen LogP contribution >= 0.6 is 0 Å². The Balaban J connectivity index is 0.633. The number of methoxy groups -OCH3 is 2. The van der Waals surface area contributed by atoms with Gasteiger partial charge in [-0.3, -0.25) is 14.8 Å². The summed E-state index contributed by atoms with van der Waals surface area (Å²) in [6, 6.07) is 29.9. The Bertz CT molecular complexity index is 3800. The minimum absolute atomic E-state index is 0.00771. The Hall–Kier alpha value is -9.49. The summed E-state index contributed by atoms with van der Waals surface area (Å²) in [5, 5.41) is 43.6. The third-order valence-corrected chi connectivity index (χ3v) is 18.0. The number of nitrogens with one attached hydrogen (secondary N) is 2. The molecule has 88 heavy (non-hydrogen) atoms. The summed E-state index contributed by atoms with van der Waals surface area (Å²) >= 11 is 0. The predicted molar refractivity (Wildman–Crippen MR) is 335 cm³/mol. The Morgan fingerprint density at radius 1 is 0.693 bits per heavy atom. The van der Waals surface area contributed by atoms with Crippen LogP contribution in [-0.2, 0) is 22.7 Å². The largest absolute Gasteiger partial charge is 0.618 e. The fourth-order valence-corrected chi connectivity index (χ4v) is 13.4. The van der Waals surface area contributed by atoms with Crippen molar-refractivity contribution in [3.63, 3.8) is 0 Å². The number of hydrogen-bond donors (Lipinski definition) is 3. The second kappa shape index (κ2) is 25.1. The summed E-state index contributed by atoms with van der Waals surface area (Å²) in [5.41, 5.74) is 12.8. The fraction of sp³-hybridized carbons (Fsp3) is 0.348. The summed E-state index contributed by atoms with van der Waals surface area (Å²) in [7, 11) is 5.33. The van der Waals surface area contributed by atoms with Crippen molar-refractivity contribution in [3.05, 3.63) is 184 Å². The molecule has 1 saturated heterocycles. The van der Waals surface area contributed by atoms with Gasteiger partial charge in [0.05, 0.1) is 51.7 Å². The number of allylic oxidation sites excluding steroid dienone is 8. The zero-order valence-corrected chi connectivity index (χ0v) is 50.6. The minimum atomic E-state index is -1.47. The van der Waals surface area contributed by atoms with Gasteiger partial charge in [-0.1, -0.05) is 98.8 Å². The van der Waals surface area contributed by atoms with Crippen molar-refractivity contribution in [1.29, 1.82) is 0 Å². The van der Waals surface area contributed by atoms with Gasteiger partial charge in [0.15, 0.2) is 40.1 Å². The van der Waals surface area contributed by atoms with E-state index >= 15 is 0 Å². The van der Waals surface area contributed by atoms with Crippen LogP contribution in [-0.4, -0.2) is 143 Å². The van der Waals surface area contributed by atoms with E-state index in [1.54, 1.807) is 53.3 Å². The standard InChI is InChI=1S/C69H75N9O10/c1-43(2)64(76(69(81)82)38-57-55-14-9-7-12-53(55)54-13-8-10-15-56(54)57)68(80)70-44(3)67(79)71-51-22-16-45(17-23-51)47-20-26-58-49(34-47)36-74-41-62(65(85-5)60(74)39-77(58)83)87-32-11-33-88-63-42-75-37-50-35-48(21-27-59(50)78(84)40-61(75)66(63)86-6)46-18-24-52(25-19-46)73-30-28-72(4)29-31-73/h7-10,12-27,39-44,49-50,57,64H,11,28-38H2,1-6H3,(H3-,70,71,79,80,81,82,84). The highest BCUT2D eigenvalue weighted by Gasteiger charge is 2.39. The van der Waals surface area contributed by atoms with Crippen LogP contribution in [0.15, 0.2) is 145 Å². The predicted octanol–water partition coefficient (Wildman–Crippen LogP) is 8.58. The summed E-state index contributed by atoms with van der Waals surface area (Å²) in [6.45, 7) is 11.0. The molecule has 12 rings (SSSR count). The maximum atomic E-state index is 14.0. The van der Waals surface area contributed by atoms with Crippen molar-refractivity contribution < 1.29 is 53.1 Å². The molecule has 5 heterocycles. The van der Waals surface area contributed by atoms with Crippen LogP contribution in [0.3, 0.4) is 0 Å². The SMILES string of the molecule is COc1c(OCCCOc2cn3c(c2OC)C=[N+](O)C2=CC=C(c4ccc(N5CCN(C)CC5)cc4)CC2C3)cn2c1C=[N+]([O-])C1=CC=C(c3ccc(NC(=O)C(C)NC(=O)C(C(C)C)N(CC4c5ccccc5-c5ccccc54)C(=O)[O-])cc3)CC1C2. The highest BCUT2D eigenvalue weighted by Crippen LogP contribution is 2.46. The van der Waals surface area contributed by atoms with Gasteiger partial charge in [-0.15, -0.1) is 0 Å². The molecule has 2 aromatic heterocycles. The van der Waals surface area contributed by atoms with E-state index in [0.717, 1.165) is 81.3 Å². The summed E-state index contributed by atoms with van der Waals surface area (Å²) < 4.78 is 30.6. The molecule has 3 amide bonds. The van der Waals surface area contributed by atoms with Crippen molar-refractivity contribution in [2.75, 3.05) is 77.4 Å². The first kappa shape index (κ1) is 58.9. The van der Waals surface area contributed by atoms with Crippen LogP contribution in [0.25, 0.3) is 22.3 Å². The molecule has 0 radical (unpaired) electrons. The van der Waals surface area contributed by atoms with Gasteiger partial charge in [0.2, 0.25) is 29.9 Å². The second-order valence-corrected chi connectivity index (χ2v) is 23.9. The van der Waals surface area contributed by atoms with Crippen molar-refractivity contribution in [3.8, 4) is 34.1 Å². The highest BCUT2D eigenvalue weighted by atomic mass is 16.5. The van der Waals surface area contributed by atoms with E-state index in [9.17, 15) is 29.9 Å². The topological polar surface area (TPSA) is 204 Å². The lowest BCUT2D eigenvalue weighted by Crippen LogP contribution is -2.58.